The zero-order valence-corrected chi connectivity index (χ0v) is 20.7. The highest BCUT2D eigenvalue weighted by molar-refractivity contribution is 5.88. The number of alkyl halides is 9. The predicted molar refractivity (Wildman–Crippen MR) is 121 cm³/mol. The van der Waals surface area contributed by atoms with E-state index in [1.54, 1.807) is 0 Å². The van der Waals surface area contributed by atoms with Gasteiger partial charge in [-0.1, -0.05) is 13.8 Å². The third-order valence-corrected chi connectivity index (χ3v) is 6.61. The number of amides is 2. The molecule has 39 heavy (non-hydrogen) atoms. The lowest BCUT2D eigenvalue weighted by Crippen LogP contribution is -2.40. The van der Waals surface area contributed by atoms with Crippen LogP contribution in [0.1, 0.15) is 61.1 Å². The van der Waals surface area contributed by atoms with Crippen molar-refractivity contribution in [2.75, 3.05) is 11.4 Å². The fraction of sp³-hybridized carbons (Fsp3) is 0.440. The molecule has 1 aliphatic heterocycles. The summed E-state index contributed by atoms with van der Waals surface area (Å²) in [4.78, 5) is 26.5. The maximum atomic E-state index is 13.6. The normalized spacial score (nSPS) is 17.8. The quantitative estimate of drug-likeness (QED) is 0.384. The van der Waals surface area contributed by atoms with Crippen molar-refractivity contribution in [2.24, 2.45) is 5.41 Å². The zero-order valence-electron chi connectivity index (χ0n) is 20.7. The molecule has 2 aromatic carbocycles. The van der Waals surface area contributed by atoms with Crippen LogP contribution in [0.15, 0.2) is 36.4 Å². The third-order valence-electron chi connectivity index (χ3n) is 6.61. The Balaban J connectivity index is 2.27. The Morgan fingerprint density at radius 1 is 0.897 bits per heavy atom. The van der Waals surface area contributed by atoms with Gasteiger partial charge >= 0.3 is 24.6 Å². The topological polar surface area (TPSA) is 60.9 Å². The lowest BCUT2D eigenvalue weighted by atomic mass is 9.76. The molecule has 0 saturated heterocycles. The summed E-state index contributed by atoms with van der Waals surface area (Å²) in [6.07, 6.45) is -16.7. The second kappa shape index (κ2) is 9.94. The van der Waals surface area contributed by atoms with Crippen molar-refractivity contribution >= 4 is 17.7 Å². The minimum absolute atomic E-state index is 0.000168. The molecule has 1 atom stereocenters. The van der Waals surface area contributed by atoms with Gasteiger partial charge in [0.05, 0.1) is 28.4 Å². The zero-order chi connectivity index (χ0) is 29.7. The molecule has 0 spiro atoms. The molecular weight excluding hydrogens is 547 g/mol. The summed E-state index contributed by atoms with van der Waals surface area (Å²) < 4.78 is 121. The van der Waals surface area contributed by atoms with Crippen LogP contribution in [0.25, 0.3) is 0 Å². The number of benzene rings is 2. The number of nitrogens with zero attached hydrogens (tertiary/aromatic N) is 2. The number of hydrogen-bond donors (Lipinski definition) is 1. The Morgan fingerprint density at radius 2 is 1.41 bits per heavy atom. The fourth-order valence-corrected chi connectivity index (χ4v) is 4.75. The molecule has 1 heterocycles. The van der Waals surface area contributed by atoms with E-state index in [0.29, 0.717) is 24.3 Å². The molecular formula is C25H23F9N2O3. The Labute approximate surface area is 216 Å². The number of carbonyl (C=O) groups is 2. The van der Waals surface area contributed by atoms with E-state index in [1.165, 1.54) is 13.8 Å². The molecule has 0 aromatic heterocycles. The van der Waals surface area contributed by atoms with Crippen molar-refractivity contribution in [2.45, 2.75) is 58.3 Å². The Bertz CT molecular complexity index is 1230. The second-order valence-corrected chi connectivity index (χ2v) is 9.91. The van der Waals surface area contributed by atoms with Crippen molar-refractivity contribution in [3.8, 4) is 0 Å². The molecule has 2 amide bonds. The molecule has 2 aromatic rings. The van der Waals surface area contributed by atoms with E-state index in [0.717, 1.165) is 22.8 Å². The van der Waals surface area contributed by atoms with Crippen LogP contribution >= 0.6 is 0 Å². The molecule has 14 heteroatoms. The van der Waals surface area contributed by atoms with E-state index in [9.17, 15) is 54.2 Å². The highest BCUT2D eigenvalue weighted by Gasteiger charge is 2.44. The summed E-state index contributed by atoms with van der Waals surface area (Å²) in [6, 6.07) is 1.69. The maximum absolute atomic E-state index is 13.6. The Kier molecular flexibility index (Phi) is 7.67. The van der Waals surface area contributed by atoms with Crippen LogP contribution < -0.4 is 4.90 Å². The monoisotopic (exact) mass is 570 g/mol. The van der Waals surface area contributed by atoms with Gasteiger partial charge in [0.2, 0.25) is 5.91 Å². The van der Waals surface area contributed by atoms with Crippen LogP contribution in [0.2, 0.25) is 0 Å². The Morgan fingerprint density at radius 3 is 1.85 bits per heavy atom. The largest absolute Gasteiger partial charge is 0.465 e. The van der Waals surface area contributed by atoms with Gasteiger partial charge in [0, 0.05) is 20.0 Å². The highest BCUT2D eigenvalue weighted by atomic mass is 19.4. The smallest absolute Gasteiger partial charge is 0.416 e. The van der Waals surface area contributed by atoms with Crippen LogP contribution in [0.4, 0.5) is 50.0 Å². The van der Waals surface area contributed by atoms with Crippen molar-refractivity contribution in [3.05, 3.63) is 64.2 Å². The average molecular weight is 570 g/mol. The minimum atomic E-state index is -5.16. The molecule has 3 rings (SSSR count). The van der Waals surface area contributed by atoms with E-state index in [1.807, 2.05) is 0 Å². The van der Waals surface area contributed by atoms with Crippen LogP contribution in [0.3, 0.4) is 0 Å². The summed E-state index contributed by atoms with van der Waals surface area (Å²) in [5, 5.41) is 9.70. The number of rotatable bonds is 3. The lowest BCUT2D eigenvalue weighted by Gasteiger charge is -2.41. The van der Waals surface area contributed by atoms with Gasteiger partial charge in [-0.05, 0) is 59.4 Å². The van der Waals surface area contributed by atoms with Crippen molar-refractivity contribution < 1.29 is 54.2 Å². The molecule has 0 bridgehead atoms. The van der Waals surface area contributed by atoms with Gasteiger partial charge in [0.15, 0.2) is 0 Å². The number of hydrogen-bond acceptors (Lipinski definition) is 2. The lowest BCUT2D eigenvalue weighted by molar-refractivity contribution is -0.143. The summed E-state index contributed by atoms with van der Waals surface area (Å²) in [5.41, 5.74) is -6.57. The van der Waals surface area contributed by atoms with Gasteiger partial charge in [-0.2, -0.15) is 39.5 Å². The van der Waals surface area contributed by atoms with Gasteiger partial charge in [-0.25, -0.2) is 4.79 Å². The van der Waals surface area contributed by atoms with Crippen LogP contribution in [0, 0.1) is 5.41 Å². The van der Waals surface area contributed by atoms with Gasteiger partial charge in [0.1, 0.15) is 0 Å². The summed E-state index contributed by atoms with van der Waals surface area (Å²) >= 11 is 0. The van der Waals surface area contributed by atoms with E-state index >= 15 is 0 Å². The molecule has 0 aliphatic carbocycles. The number of halogens is 9. The highest BCUT2D eigenvalue weighted by Crippen LogP contribution is 2.49. The van der Waals surface area contributed by atoms with E-state index in [4.69, 9.17) is 0 Å². The molecule has 0 radical (unpaired) electrons. The molecule has 1 unspecified atom stereocenters. The van der Waals surface area contributed by atoms with Gasteiger partial charge in [-0.15, -0.1) is 0 Å². The molecule has 0 saturated carbocycles. The van der Waals surface area contributed by atoms with E-state index < -0.39 is 70.8 Å². The third kappa shape index (κ3) is 6.41. The summed E-state index contributed by atoms with van der Waals surface area (Å²) in [5.74, 6) is -0.855. The first-order chi connectivity index (χ1) is 17.6. The first-order valence-electron chi connectivity index (χ1n) is 11.4. The summed E-state index contributed by atoms with van der Waals surface area (Å²) in [7, 11) is 0. The first-order valence-corrected chi connectivity index (χ1v) is 11.4. The minimum Gasteiger partial charge on any atom is -0.465 e. The van der Waals surface area contributed by atoms with Crippen molar-refractivity contribution in [3.63, 3.8) is 0 Å². The molecule has 0 fully saturated rings. The van der Waals surface area contributed by atoms with Crippen LogP contribution in [0.5, 0.6) is 0 Å². The number of carboxylic acid groups (broad SMARTS) is 1. The fourth-order valence-electron chi connectivity index (χ4n) is 4.75. The summed E-state index contributed by atoms with van der Waals surface area (Å²) in [6.45, 7) is 3.01. The first kappa shape index (κ1) is 30.1. The van der Waals surface area contributed by atoms with Crippen molar-refractivity contribution in [1.29, 1.82) is 0 Å². The van der Waals surface area contributed by atoms with Gasteiger partial charge in [0.25, 0.3) is 0 Å². The standard InChI is InChI=1S/C25H23F9N2O3/c1-13(37)36(12-14-8-16(24(29,30)31)10-17(9-14)25(32,33)34)20-18-11-15(23(26,27)28)4-5-19(18)35(21(38)39)7-6-22(20,2)3/h4-5,8-11,20H,6-7,12H2,1-3H3,(H,38,39). The van der Waals surface area contributed by atoms with Crippen molar-refractivity contribution in [1.82, 2.24) is 4.90 Å². The van der Waals surface area contributed by atoms with Gasteiger partial charge in [-0.3, -0.25) is 9.69 Å². The number of fused-ring (bicyclic) bond motifs is 1. The van der Waals surface area contributed by atoms with Crippen LogP contribution in [-0.2, 0) is 29.9 Å². The maximum Gasteiger partial charge on any atom is 0.416 e. The Hall–Kier alpha value is -3.45. The van der Waals surface area contributed by atoms with E-state index in [2.05, 4.69) is 0 Å². The number of anilines is 1. The predicted octanol–water partition coefficient (Wildman–Crippen LogP) is 7.75. The molecule has 214 valence electrons. The van der Waals surface area contributed by atoms with Crippen LogP contribution in [-0.4, -0.2) is 28.6 Å². The number of carbonyl (C=O) groups excluding carboxylic acids is 1. The average Bonchev–Trinajstić information content (AvgIpc) is 2.88. The molecule has 1 N–H and O–H groups in total. The SMILES string of the molecule is CC(=O)N(Cc1cc(C(F)(F)F)cc(C(F)(F)F)c1)C1c2cc(C(F)(F)F)ccc2N(C(=O)O)CCC1(C)C. The molecule has 1 aliphatic rings. The second-order valence-electron chi connectivity index (χ2n) is 9.91. The van der Waals surface area contributed by atoms with E-state index in [-0.39, 0.29) is 30.3 Å². The molecule has 5 nitrogen and oxygen atoms in total. The van der Waals surface area contributed by atoms with Gasteiger partial charge < -0.3 is 10.0 Å².